The van der Waals surface area contributed by atoms with Gasteiger partial charge in [-0.25, -0.2) is 0 Å². The number of ether oxygens (including phenoxy) is 1. The number of rotatable bonds is 7. The van der Waals surface area contributed by atoms with Gasteiger partial charge in [-0.1, -0.05) is 53.5 Å². The molecule has 0 saturated heterocycles. The third kappa shape index (κ3) is 6.11. The average molecular weight is 455 g/mol. The first-order valence-electron chi connectivity index (χ1n) is 8.02. The van der Waals surface area contributed by atoms with Crippen LogP contribution >= 0.6 is 23.2 Å². The van der Waals surface area contributed by atoms with Crippen LogP contribution in [0.25, 0.3) is 0 Å². The minimum atomic E-state index is -0.397. The molecular formula is C19H19Cl2O3Y-. The van der Waals surface area contributed by atoms with Gasteiger partial charge in [-0.2, -0.15) is 6.07 Å². The Morgan fingerprint density at radius 1 is 1.20 bits per heavy atom. The fourth-order valence-corrected chi connectivity index (χ4v) is 3.52. The van der Waals surface area contributed by atoms with E-state index in [1.54, 1.807) is 24.3 Å². The SMILES string of the molecule is O[C@@H]1CC=C(CCCc2cc[c-]o2)[C@H]1COc1cc(Cl)cc(Cl)c1.[Y]. The van der Waals surface area contributed by atoms with Crippen molar-refractivity contribution in [1.82, 2.24) is 0 Å². The molecule has 1 aromatic carbocycles. The second-order valence-corrected chi connectivity index (χ2v) is 6.85. The topological polar surface area (TPSA) is 42.6 Å². The summed E-state index contributed by atoms with van der Waals surface area (Å²) in [6.45, 7) is 0.415. The van der Waals surface area contributed by atoms with E-state index in [0.29, 0.717) is 28.8 Å². The van der Waals surface area contributed by atoms with Crippen molar-refractivity contribution in [2.45, 2.75) is 31.8 Å². The van der Waals surface area contributed by atoms with Crippen LogP contribution in [-0.4, -0.2) is 17.8 Å². The van der Waals surface area contributed by atoms with Crippen molar-refractivity contribution in [2.24, 2.45) is 5.92 Å². The molecule has 6 heteroatoms. The van der Waals surface area contributed by atoms with Gasteiger partial charge in [0.15, 0.2) is 0 Å². The molecule has 3 nitrogen and oxygen atoms in total. The number of aliphatic hydroxyl groups is 1. The van der Waals surface area contributed by atoms with Crippen LogP contribution in [0.5, 0.6) is 5.75 Å². The van der Waals surface area contributed by atoms with E-state index in [-0.39, 0.29) is 38.6 Å². The molecule has 1 aliphatic carbocycles. The molecule has 0 saturated carbocycles. The van der Waals surface area contributed by atoms with Crippen LogP contribution in [0.15, 0.2) is 46.4 Å². The maximum absolute atomic E-state index is 10.2. The first-order chi connectivity index (χ1) is 11.6. The largest absolute Gasteiger partial charge is 0.596 e. The van der Waals surface area contributed by atoms with E-state index in [1.165, 1.54) is 5.57 Å². The summed E-state index contributed by atoms with van der Waals surface area (Å²) in [5, 5.41) is 11.3. The van der Waals surface area contributed by atoms with Crippen molar-refractivity contribution in [2.75, 3.05) is 6.61 Å². The number of furan rings is 1. The minimum Gasteiger partial charge on any atom is -0.596 e. The monoisotopic (exact) mass is 454 g/mol. The van der Waals surface area contributed by atoms with Crippen molar-refractivity contribution in [1.29, 1.82) is 0 Å². The van der Waals surface area contributed by atoms with Crippen LogP contribution in [-0.2, 0) is 39.1 Å². The summed E-state index contributed by atoms with van der Waals surface area (Å²) in [6, 6.07) is 8.83. The first-order valence-corrected chi connectivity index (χ1v) is 8.78. The van der Waals surface area contributed by atoms with Crippen LogP contribution in [0.3, 0.4) is 0 Å². The number of halogens is 2. The fraction of sp³-hybridized carbons (Fsp3) is 0.368. The molecule has 2 aromatic rings. The summed E-state index contributed by atoms with van der Waals surface area (Å²) < 4.78 is 11.0. The van der Waals surface area contributed by atoms with E-state index in [0.717, 1.165) is 25.0 Å². The third-order valence-corrected chi connectivity index (χ3v) is 4.68. The van der Waals surface area contributed by atoms with Gasteiger partial charge in [0.1, 0.15) is 5.75 Å². The number of aryl methyl sites for hydroxylation is 1. The molecule has 0 aliphatic heterocycles. The molecular weight excluding hydrogens is 436 g/mol. The second kappa shape index (κ2) is 10.1. The normalized spacial score (nSPS) is 19.4. The Kier molecular flexibility index (Phi) is 8.51. The molecule has 0 amide bonds. The third-order valence-electron chi connectivity index (χ3n) is 4.24. The average Bonchev–Trinajstić information content (AvgIpc) is 3.15. The molecule has 3 rings (SSSR count). The molecule has 0 bridgehead atoms. The van der Waals surface area contributed by atoms with E-state index in [9.17, 15) is 5.11 Å². The van der Waals surface area contributed by atoms with E-state index < -0.39 is 6.10 Å². The number of benzene rings is 1. The van der Waals surface area contributed by atoms with Crippen molar-refractivity contribution in [3.63, 3.8) is 0 Å². The Morgan fingerprint density at radius 3 is 2.64 bits per heavy atom. The van der Waals surface area contributed by atoms with E-state index in [2.05, 4.69) is 12.3 Å². The zero-order valence-electron chi connectivity index (χ0n) is 13.8. The number of hydrogen-bond donors (Lipinski definition) is 1. The number of aliphatic hydroxyl groups excluding tert-OH is 1. The van der Waals surface area contributed by atoms with Gasteiger partial charge < -0.3 is 14.3 Å². The van der Waals surface area contributed by atoms with E-state index >= 15 is 0 Å². The molecule has 0 fully saturated rings. The minimum absolute atomic E-state index is 0. The summed E-state index contributed by atoms with van der Waals surface area (Å²) in [6.07, 6.45) is 7.86. The first kappa shape index (κ1) is 21.0. The Labute approximate surface area is 183 Å². The van der Waals surface area contributed by atoms with Gasteiger partial charge in [-0.05, 0) is 37.3 Å². The van der Waals surface area contributed by atoms with Crippen molar-refractivity contribution in [3.05, 3.63) is 64.0 Å². The summed E-state index contributed by atoms with van der Waals surface area (Å²) in [5.74, 6) is 1.57. The maximum Gasteiger partial charge on any atom is 0.122 e. The van der Waals surface area contributed by atoms with Gasteiger partial charge in [0.05, 0.1) is 12.7 Å². The Balaban J connectivity index is 0.00000225. The van der Waals surface area contributed by atoms with Gasteiger partial charge >= 0.3 is 0 Å². The Bertz CT molecular complexity index is 680. The van der Waals surface area contributed by atoms with E-state index in [1.807, 2.05) is 6.07 Å². The quantitative estimate of drug-likeness (QED) is 0.467. The second-order valence-electron chi connectivity index (χ2n) is 5.98. The van der Waals surface area contributed by atoms with Crippen molar-refractivity contribution < 1.29 is 47.0 Å². The Hall–Kier alpha value is -0.316. The van der Waals surface area contributed by atoms with Gasteiger partial charge in [-0.3, -0.25) is 0 Å². The van der Waals surface area contributed by atoms with Crippen LogP contribution < -0.4 is 4.74 Å². The number of hydrogen-bond acceptors (Lipinski definition) is 3. The predicted octanol–water partition coefficient (Wildman–Crippen LogP) is 5.09. The zero-order chi connectivity index (χ0) is 16.9. The molecule has 1 aromatic heterocycles. The molecule has 25 heavy (non-hydrogen) atoms. The van der Waals surface area contributed by atoms with Crippen molar-refractivity contribution in [3.8, 4) is 5.75 Å². The van der Waals surface area contributed by atoms with Crippen molar-refractivity contribution >= 4 is 23.2 Å². The van der Waals surface area contributed by atoms with Gasteiger partial charge in [0.25, 0.3) is 0 Å². The standard InChI is InChI=1S/C19H19Cl2O3.Y/c20-14-9-15(21)11-17(10-14)24-12-18-13(6-7-19(18)22)3-1-4-16-5-2-8-23-16;/h2,5-6,9-11,18-19,22H,1,3-4,7,12H2;/q-1;/t18-,19-;/m1./s1. The molecule has 0 unspecified atom stereocenters. The molecule has 131 valence electrons. The summed E-state index contributed by atoms with van der Waals surface area (Å²) in [5.41, 5.74) is 1.24. The van der Waals surface area contributed by atoms with Crippen LogP contribution in [0.1, 0.15) is 25.0 Å². The maximum atomic E-state index is 10.2. The van der Waals surface area contributed by atoms with E-state index in [4.69, 9.17) is 32.4 Å². The van der Waals surface area contributed by atoms with Gasteiger partial charge in [0.2, 0.25) is 0 Å². The molecule has 1 heterocycles. The summed E-state index contributed by atoms with van der Waals surface area (Å²) in [7, 11) is 0. The zero-order valence-corrected chi connectivity index (χ0v) is 18.1. The van der Waals surface area contributed by atoms with Crippen LogP contribution in [0.2, 0.25) is 10.0 Å². The molecule has 1 radical (unpaired) electrons. The molecule has 1 N–H and O–H groups in total. The fourth-order valence-electron chi connectivity index (χ4n) is 3.01. The smallest absolute Gasteiger partial charge is 0.122 e. The molecule has 1 aliphatic rings. The van der Waals surface area contributed by atoms with Crippen LogP contribution in [0.4, 0.5) is 0 Å². The van der Waals surface area contributed by atoms with Gasteiger partial charge in [-0.15, -0.1) is 6.07 Å². The summed E-state index contributed by atoms with van der Waals surface area (Å²) >= 11 is 12.0. The van der Waals surface area contributed by atoms with Crippen LogP contribution in [0, 0.1) is 12.2 Å². The molecule has 2 atom stereocenters. The predicted molar refractivity (Wildman–Crippen MR) is 94.6 cm³/mol. The van der Waals surface area contributed by atoms with Gasteiger partial charge in [0, 0.05) is 48.7 Å². The summed E-state index contributed by atoms with van der Waals surface area (Å²) in [4.78, 5) is 0. The Morgan fingerprint density at radius 2 is 1.96 bits per heavy atom. The molecule has 0 spiro atoms.